The molecule has 5 unspecified atom stereocenters. The fraction of sp³-hybridized carbons (Fsp3) is 0.650. The summed E-state index contributed by atoms with van der Waals surface area (Å²) in [6.07, 6.45) is -0.909. The molecule has 0 saturated carbocycles. The van der Waals surface area contributed by atoms with Crippen molar-refractivity contribution in [3.05, 3.63) is 0 Å². The number of hydrogen-bond donors (Lipinski definition) is 9. The molecule has 0 rings (SSSR count). The van der Waals surface area contributed by atoms with E-state index >= 15 is 0 Å². The first-order valence-electron chi connectivity index (χ1n) is 11.1. The molecule has 0 bridgehead atoms. The average molecular weight is 518 g/mol. The van der Waals surface area contributed by atoms with Gasteiger partial charge in [-0.05, 0) is 18.8 Å². The van der Waals surface area contributed by atoms with Crippen LogP contribution in [0, 0.1) is 5.92 Å². The molecule has 16 nitrogen and oxygen atoms in total. The van der Waals surface area contributed by atoms with Crippen molar-refractivity contribution in [1.82, 2.24) is 16.0 Å². The predicted molar refractivity (Wildman–Crippen MR) is 125 cm³/mol. The van der Waals surface area contributed by atoms with Gasteiger partial charge in [-0.15, -0.1) is 0 Å². The summed E-state index contributed by atoms with van der Waals surface area (Å²) in [5, 5.41) is 33.6. The summed E-state index contributed by atoms with van der Waals surface area (Å²) in [6, 6.07) is -5.82. The molecule has 0 saturated heterocycles. The number of hydrogen-bond acceptors (Lipinski definition) is 8. The fourth-order valence-electron chi connectivity index (χ4n) is 2.91. The van der Waals surface area contributed by atoms with Crippen molar-refractivity contribution in [2.75, 3.05) is 6.54 Å². The molecule has 0 aliphatic heterocycles. The Morgan fingerprint density at radius 1 is 0.833 bits per heavy atom. The molecule has 0 radical (unpaired) electrons. The number of rotatable bonds is 17. The van der Waals surface area contributed by atoms with Crippen LogP contribution in [-0.4, -0.2) is 87.6 Å². The highest BCUT2D eigenvalue weighted by atomic mass is 16.4. The highest BCUT2D eigenvalue weighted by Crippen LogP contribution is 2.10. The first-order valence-corrected chi connectivity index (χ1v) is 11.1. The van der Waals surface area contributed by atoms with Gasteiger partial charge in [0.05, 0.1) is 18.9 Å². The molecule has 0 heterocycles. The van der Waals surface area contributed by atoms with E-state index in [0.717, 1.165) is 0 Å². The highest BCUT2D eigenvalue weighted by Gasteiger charge is 2.33. The van der Waals surface area contributed by atoms with E-state index in [-0.39, 0.29) is 18.9 Å². The number of carbonyl (C=O) groups excluding carboxylic acids is 3. The van der Waals surface area contributed by atoms with Crippen molar-refractivity contribution in [2.45, 2.75) is 70.1 Å². The summed E-state index contributed by atoms with van der Waals surface area (Å²) < 4.78 is 0. The molecule has 5 atom stereocenters. The molecule has 16 heteroatoms. The van der Waals surface area contributed by atoms with Crippen molar-refractivity contribution in [1.29, 1.82) is 0 Å². The summed E-state index contributed by atoms with van der Waals surface area (Å²) in [7, 11) is 0. The Kier molecular flexibility index (Phi) is 14.1. The van der Waals surface area contributed by atoms with Gasteiger partial charge in [0.25, 0.3) is 0 Å². The molecule has 0 aromatic rings. The molecule has 0 aliphatic rings. The third-order valence-electron chi connectivity index (χ3n) is 5.10. The molecule has 0 aromatic heterocycles. The normalized spacial score (nSPS) is 14.8. The zero-order valence-electron chi connectivity index (χ0n) is 20.1. The van der Waals surface area contributed by atoms with Crippen molar-refractivity contribution in [3.8, 4) is 0 Å². The second-order valence-corrected chi connectivity index (χ2v) is 8.08. The maximum absolute atomic E-state index is 12.9. The number of amides is 3. The Hall–Kier alpha value is -3.95. The molecule has 0 spiro atoms. The lowest BCUT2D eigenvalue weighted by Crippen LogP contribution is -2.59. The average Bonchev–Trinajstić information content (AvgIpc) is 2.77. The molecule has 3 amide bonds. The third-order valence-corrected chi connectivity index (χ3v) is 5.10. The van der Waals surface area contributed by atoms with Crippen LogP contribution in [-0.2, 0) is 28.8 Å². The van der Waals surface area contributed by atoms with Gasteiger partial charge in [-0.1, -0.05) is 20.3 Å². The van der Waals surface area contributed by atoms with Gasteiger partial charge in [-0.25, -0.2) is 4.79 Å². The van der Waals surface area contributed by atoms with Crippen molar-refractivity contribution >= 4 is 41.6 Å². The smallest absolute Gasteiger partial charge is 0.326 e. The van der Waals surface area contributed by atoms with Crippen LogP contribution in [0.15, 0.2) is 4.99 Å². The molecule has 204 valence electrons. The van der Waals surface area contributed by atoms with Gasteiger partial charge in [-0.2, -0.15) is 0 Å². The van der Waals surface area contributed by atoms with Gasteiger partial charge in [0.2, 0.25) is 17.7 Å². The third kappa shape index (κ3) is 12.5. The predicted octanol–water partition coefficient (Wildman–Crippen LogP) is -3.10. The van der Waals surface area contributed by atoms with Gasteiger partial charge in [0.15, 0.2) is 5.96 Å². The second-order valence-electron chi connectivity index (χ2n) is 8.08. The highest BCUT2D eigenvalue weighted by molar-refractivity contribution is 5.96. The zero-order valence-corrected chi connectivity index (χ0v) is 20.1. The Labute approximate surface area is 207 Å². The number of aliphatic imine (C=N–C) groups is 1. The lowest BCUT2D eigenvalue weighted by Gasteiger charge is -2.27. The number of nitrogens with two attached hydrogens (primary N) is 3. The zero-order chi connectivity index (χ0) is 28.0. The van der Waals surface area contributed by atoms with E-state index in [1.165, 1.54) is 0 Å². The van der Waals surface area contributed by atoms with Gasteiger partial charge in [0, 0.05) is 6.54 Å². The fourth-order valence-corrected chi connectivity index (χ4v) is 2.91. The standard InChI is InChI=1S/C20H35N7O9/c1-3-9(2)15(27-16(32)10(21)5-4-6-24-20(22)23)18(34)25-11(7-13(28)29)17(33)26-12(19(35)36)8-14(30)31/h9-12,15H,3-8,21H2,1-2H3,(H,25,34)(H,26,33)(H,27,32)(H,28,29)(H,30,31)(H,35,36)(H4,22,23,24). The number of guanidine groups is 1. The maximum Gasteiger partial charge on any atom is 0.326 e. The second kappa shape index (κ2) is 15.9. The monoisotopic (exact) mass is 517 g/mol. The molecule has 36 heavy (non-hydrogen) atoms. The molecule has 0 aromatic carbocycles. The van der Waals surface area contributed by atoms with E-state index in [4.69, 9.17) is 32.5 Å². The van der Waals surface area contributed by atoms with Crippen molar-refractivity contribution < 1.29 is 44.1 Å². The van der Waals surface area contributed by atoms with E-state index in [1.807, 2.05) is 5.32 Å². The van der Waals surface area contributed by atoms with Crippen molar-refractivity contribution in [3.63, 3.8) is 0 Å². The summed E-state index contributed by atoms with van der Waals surface area (Å²) in [5.41, 5.74) is 16.3. The summed E-state index contributed by atoms with van der Waals surface area (Å²) in [5.74, 6) is -8.05. The van der Waals surface area contributed by atoms with Crippen LogP contribution >= 0.6 is 0 Å². The van der Waals surface area contributed by atoms with E-state index in [9.17, 15) is 28.8 Å². The van der Waals surface area contributed by atoms with Crippen LogP contribution in [0.1, 0.15) is 46.0 Å². The Balaban J connectivity index is 5.49. The van der Waals surface area contributed by atoms with Crippen LogP contribution < -0.4 is 33.2 Å². The molecular formula is C20H35N7O9. The number of carboxylic acid groups (broad SMARTS) is 3. The molecule has 0 aliphatic carbocycles. The minimum atomic E-state index is -1.86. The summed E-state index contributed by atoms with van der Waals surface area (Å²) >= 11 is 0. The first-order chi connectivity index (χ1) is 16.7. The maximum atomic E-state index is 12.9. The first kappa shape index (κ1) is 32.0. The van der Waals surface area contributed by atoms with Crippen LogP contribution in [0.3, 0.4) is 0 Å². The largest absolute Gasteiger partial charge is 0.481 e. The van der Waals surface area contributed by atoms with Crippen LogP contribution in [0.5, 0.6) is 0 Å². The minimum Gasteiger partial charge on any atom is -0.481 e. The number of nitrogens with zero attached hydrogens (tertiary/aromatic N) is 1. The van der Waals surface area contributed by atoms with E-state index in [2.05, 4.69) is 15.6 Å². The summed E-state index contributed by atoms with van der Waals surface area (Å²) in [6.45, 7) is 3.61. The minimum absolute atomic E-state index is 0.112. The van der Waals surface area contributed by atoms with E-state index in [0.29, 0.717) is 12.8 Å². The van der Waals surface area contributed by atoms with Gasteiger partial charge in [0.1, 0.15) is 18.1 Å². The van der Waals surface area contributed by atoms with E-state index < -0.39 is 78.6 Å². The van der Waals surface area contributed by atoms with Gasteiger partial charge < -0.3 is 48.5 Å². The number of carbonyl (C=O) groups is 6. The number of aliphatic carboxylic acids is 3. The Morgan fingerprint density at radius 2 is 1.36 bits per heavy atom. The summed E-state index contributed by atoms with van der Waals surface area (Å²) in [4.78, 5) is 75.1. The van der Waals surface area contributed by atoms with Crippen LogP contribution in [0.2, 0.25) is 0 Å². The van der Waals surface area contributed by atoms with Crippen LogP contribution in [0.4, 0.5) is 0 Å². The molecule has 0 fully saturated rings. The lowest BCUT2D eigenvalue weighted by molar-refractivity contribution is -0.148. The van der Waals surface area contributed by atoms with Gasteiger partial charge >= 0.3 is 17.9 Å². The molecule has 12 N–H and O–H groups in total. The Morgan fingerprint density at radius 3 is 1.83 bits per heavy atom. The van der Waals surface area contributed by atoms with E-state index in [1.54, 1.807) is 13.8 Å². The lowest BCUT2D eigenvalue weighted by atomic mass is 9.97. The molecular weight excluding hydrogens is 482 g/mol. The Bertz CT molecular complexity index is 845. The van der Waals surface area contributed by atoms with Crippen molar-refractivity contribution in [2.24, 2.45) is 28.1 Å². The topological polar surface area (TPSA) is 290 Å². The van der Waals surface area contributed by atoms with Gasteiger partial charge in [-0.3, -0.25) is 29.0 Å². The number of carboxylic acids is 3. The quantitative estimate of drug-likeness (QED) is 0.0526. The number of nitrogens with one attached hydrogen (secondary N) is 3. The van der Waals surface area contributed by atoms with Crippen LogP contribution in [0.25, 0.3) is 0 Å². The SMILES string of the molecule is CCC(C)C(NC(=O)C(N)CCCN=C(N)N)C(=O)NC(CC(=O)O)C(=O)NC(CC(=O)O)C(=O)O.